The highest BCUT2D eigenvalue weighted by Gasteiger charge is 2.39. The second kappa shape index (κ2) is 10.4. The molecule has 2 heterocycles. The number of fused-ring (bicyclic) bond motifs is 1. The number of carbonyl (C=O) groups is 1. The van der Waals surface area contributed by atoms with Gasteiger partial charge >= 0.3 is 0 Å². The van der Waals surface area contributed by atoms with Gasteiger partial charge in [-0.2, -0.15) is 5.26 Å². The van der Waals surface area contributed by atoms with Crippen LogP contribution >= 0.6 is 39.5 Å². The van der Waals surface area contributed by atoms with Crippen molar-refractivity contribution in [3.05, 3.63) is 92.3 Å². The monoisotopic (exact) mass is 575 g/mol. The van der Waals surface area contributed by atoms with Crippen molar-refractivity contribution >= 4 is 67.6 Å². The Hall–Kier alpha value is -3.19. The fourth-order valence-corrected chi connectivity index (χ4v) is 6.80. The number of nitriles is 1. The predicted octanol–water partition coefficient (Wildman–Crippen LogP) is 6.93. The summed E-state index contributed by atoms with van der Waals surface area (Å²) in [6.07, 6.45) is 0. The lowest BCUT2D eigenvalue weighted by Gasteiger charge is -2.17. The summed E-state index contributed by atoms with van der Waals surface area (Å²) in [5.41, 5.74) is 4.04. The third-order valence-corrected chi connectivity index (χ3v) is 8.66. The number of nitrogens with one attached hydrogen (secondary N) is 1. The number of hydrogen-bond acceptors (Lipinski definition) is 7. The fraction of sp³-hybridized carbons (Fsp3) is 0.148. The van der Waals surface area contributed by atoms with Gasteiger partial charge in [-0.05, 0) is 66.7 Å². The maximum Gasteiger partial charge on any atom is 0.269 e. The highest BCUT2D eigenvalue weighted by atomic mass is 79.9. The van der Waals surface area contributed by atoms with Crippen LogP contribution in [0.25, 0.3) is 0 Å². The van der Waals surface area contributed by atoms with Crippen LogP contribution in [0.15, 0.2) is 91.0 Å². The van der Waals surface area contributed by atoms with Crippen molar-refractivity contribution in [3.63, 3.8) is 0 Å². The summed E-state index contributed by atoms with van der Waals surface area (Å²) in [5, 5.41) is 14.2. The first kappa shape index (κ1) is 24.5. The largest absolute Gasteiger partial charge is 0.384 e. The molecule has 1 N–H and O–H groups in total. The molecular formula is C27H22BrN5OS2. The first-order valence-corrected chi connectivity index (χ1v) is 13.8. The van der Waals surface area contributed by atoms with Gasteiger partial charge < -0.3 is 10.2 Å². The maximum atomic E-state index is 13.9. The lowest BCUT2D eigenvalue weighted by molar-refractivity contribution is -0.122. The van der Waals surface area contributed by atoms with Crippen molar-refractivity contribution < 1.29 is 4.79 Å². The molecule has 36 heavy (non-hydrogen) atoms. The molecule has 2 aliphatic rings. The van der Waals surface area contributed by atoms with Gasteiger partial charge in [0.2, 0.25) is 0 Å². The number of benzene rings is 3. The molecule has 1 saturated heterocycles. The van der Waals surface area contributed by atoms with E-state index in [4.69, 9.17) is 4.99 Å². The smallest absolute Gasteiger partial charge is 0.269 e. The van der Waals surface area contributed by atoms with E-state index in [0.29, 0.717) is 34.4 Å². The van der Waals surface area contributed by atoms with E-state index in [2.05, 4.69) is 44.3 Å². The normalized spacial score (nSPS) is 18.1. The summed E-state index contributed by atoms with van der Waals surface area (Å²) >= 11 is 6.51. The third kappa shape index (κ3) is 4.76. The molecule has 0 unspecified atom stereocenters. The number of hydrogen-bond donors (Lipinski definition) is 1. The second-order valence-corrected chi connectivity index (χ2v) is 11.1. The number of rotatable bonds is 5. The van der Waals surface area contributed by atoms with E-state index in [-0.39, 0.29) is 5.91 Å². The zero-order valence-corrected chi connectivity index (χ0v) is 22.9. The first-order valence-electron chi connectivity index (χ1n) is 11.3. The van der Waals surface area contributed by atoms with Crippen molar-refractivity contribution in [3.8, 4) is 6.07 Å². The maximum absolute atomic E-state index is 13.9. The molecule has 0 spiro atoms. The quantitative estimate of drug-likeness (QED) is 0.333. The Bertz CT molecular complexity index is 1460. The zero-order valence-electron chi connectivity index (χ0n) is 19.7. The van der Waals surface area contributed by atoms with Gasteiger partial charge in [-0.15, -0.1) is 0 Å². The van der Waals surface area contributed by atoms with Crippen molar-refractivity contribution in [1.29, 1.82) is 5.26 Å². The average Bonchev–Trinajstić information content (AvgIpc) is 3.37. The van der Waals surface area contributed by atoms with Crippen LogP contribution < -0.4 is 10.2 Å². The number of amides is 1. The molecular weight excluding hydrogens is 554 g/mol. The highest BCUT2D eigenvalue weighted by Crippen LogP contribution is 2.50. The molecule has 3 aromatic carbocycles. The van der Waals surface area contributed by atoms with E-state index in [0.717, 1.165) is 31.3 Å². The number of para-hydroxylation sites is 1. The van der Waals surface area contributed by atoms with Crippen molar-refractivity contribution in [2.45, 2.75) is 18.4 Å². The molecule has 0 aliphatic carbocycles. The summed E-state index contributed by atoms with van der Waals surface area (Å²) in [6.45, 7) is 3.11. The molecule has 0 atom stereocenters. The lowest BCUT2D eigenvalue weighted by Crippen LogP contribution is -2.29. The van der Waals surface area contributed by atoms with Crippen LogP contribution in [0.4, 0.5) is 17.1 Å². The van der Waals surface area contributed by atoms with Crippen LogP contribution in [0.3, 0.4) is 0 Å². The van der Waals surface area contributed by atoms with Gasteiger partial charge in [0, 0.05) is 23.0 Å². The van der Waals surface area contributed by atoms with Crippen molar-refractivity contribution in [2.24, 2.45) is 4.99 Å². The van der Waals surface area contributed by atoms with Gasteiger partial charge in [-0.25, -0.2) is 4.99 Å². The Labute approximate surface area is 227 Å². The van der Waals surface area contributed by atoms with E-state index in [1.54, 1.807) is 28.8 Å². The van der Waals surface area contributed by atoms with Crippen LogP contribution in [-0.4, -0.2) is 29.6 Å². The van der Waals surface area contributed by atoms with Gasteiger partial charge in [-0.1, -0.05) is 52.0 Å². The van der Waals surface area contributed by atoms with Crippen LogP contribution in [0, 0.1) is 11.3 Å². The molecule has 2 aliphatic heterocycles. The number of anilines is 2. The van der Waals surface area contributed by atoms with E-state index in [1.807, 2.05) is 56.4 Å². The number of thioether (sulfide) groups is 2. The van der Waals surface area contributed by atoms with Crippen LogP contribution in [0.5, 0.6) is 0 Å². The van der Waals surface area contributed by atoms with E-state index < -0.39 is 0 Å². The van der Waals surface area contributed by atoms with E-state index >= 15 is 0 Å². The minimum Gasteiger partial charge on any atom is -0.384 e. The summed E-state index contributed by atoms with van der Waals surface area (Å²) in [7, 11) is 1.99. The molecule has 1 amide bonds. The van der Waals surface area contributed by atoms with E-state index in [1.165, 1.54) is 11.8 Å². The van der Waals surface area contributed by atoms with Gasteiger partial charge in [0.15, 0.2) is 5.17 Å². The SMILES string of the molecule is CCNc1ccc(C#N)cc1N=C1SC(=C2Sc3ccccc3N2C)C(=O)N1Cc1cccc(Br)c1. The number of carbonyl (C=O) groups excluding carboxylic acids is 1. The molecule has 0 bridgehead atoms. The number of aliphatic imine (C=N–C) groups is 1. The highest BCUT2D eigenvalue weighted by molar-refractivity contribution is 9.10. The number of halogens is 1. The van der Waals surface area contributed by atoms with Crippen molar-refractivity contribution in [1.82, 2.24) is 4.90 Å². The Balaban J connectivity index is 1.60. The molecule has 0 aromatic heterocycles. The summed E-state index contributed by atoms with van der Waals surface area (Å²) < 4.78 is 0.953. The Morgan fingerprint density at radius 3 is 2.67 bits per heavy atom. The summed E-state index contributed by atoms with van der Waals surface area (Å²) in [6, 6.07) is 23.6. The molecule has 0 saturated carbocycles. The van der Waals surface area contributed by atoms with Gasteiger partial charge in [0.05, 0.1) is 40.3 Å². The van der Waals surface area contributed by atoms with Gasteiger partial charge in [0.1, 0.15) is 4.91 Å². The molecule has 6 nitrogen and oxygen atoms in total. The number of nitrogens with zero attached hydrogens (tertiary/aromatic N) is 4. The standard InChI is InChI=1S/C27H22BrN5OS2/c1-3-30-20-12-11-17(15-29)14-21(20)31-27-33(16-18-7-6-8-19(28)13-18)25(34)24(36-27)26-32(2)22-9-4-5-10-23(22)35-26/h4-14,30H,3,16H2,1-2H3. The predicted molar refractivity (Wildman–Crippen MR) is 152 cm³/mol. The Morgan fingerprint density at radius 1 is 1.08 bits per heavy atom. The summed E-state index contributed by atoms with van der Waals surface area (Å²) in [4.78, 5) is 24.4. The lowest BCUT2D eigenvalue weighted by atomic mass is 10.2. The topological polar surface area (TPSA) is 71.7 Å². The van der Waals surface area contributed by atoms with Crippen LogP contribution in [-0.2, 0) is 11.3 Å². The minimum atomic E-state index is -0.0812. The summed E-state index contributed by atoms with van der Waals surface area (Å²) in [5.74, 6) is -0.0812. The van der Waals surface area contributed by atoms with Crippen LogP contribution in [0.1, 0.15) is 18.1 Å². The van der Waals surface area contributed by atoms with Crippen LogP contribution in [0.2, 0.25) is 0 Å². The third-order valence-electron chi connectivity index (χ3n) is 5.74. The average molecular weight is 577 g/mol. The van der Waals surface area contributed by atoms with E-state index in [9.17, 15) is 10.1 Å². The van der Waals surface area contributed by atoms with Gasteiger partial charge in [-0.3, -0.25) is 9.69 Å². The first-order chi connectivity index (χ1) is 17.5. The molecule has 180 valence electrons. The molecule has 9 heteroatoms. The minimum absolute atomic E-state index is 0.0812. The van der Waals surface area contributed by atoms with Crippen molar-refractivity contribution in [2.75, 3.05) is 23.8 Å². The Morgan fingerprint density at radius 2 is 1.92 bits per heavy atom. The Kier molecular flexibility index (Phi) is 7.10. The molecule has 0 radical (unpaired) electrons. The molecule has 5 rings (SSSR count). The molecule has 1 fully saturated rings. The second-order valence-electron chi connectivity index (χ2n) is 8.15. The number of amidine groups is 1. The fourth-order valence-electron chi connectivity index (χ4n) is 4.01. The van der Waals surface area contributed by atoms with Gasteiger partial charge in [0.25, 0.3) is 5.91 Å². The molecule has 3 aromatic rings. The zero-order chi connectivity index (χ0) is 25.2.